The fourth-order valence-electron chi connectivity index (χ4n) is 2.02. The second kappa shape index (κ2) is 6.97. The lowest BCUT2D eigenvalue weighted by atomic mass is 10.2. The van der Waals surface area contributed by atoms with E-state index in [0.29, 0.717) is 25.3 Å². The molecule has 4 heteroatoms. The standard InChI is InChI=1S/C15H19NO3/c17-9-4-8-16(12-14-6-3-10-19-14)11-13-5-1-2-7-15(13)18/h1-3,5-7,10,17-18H,4,8-9,11-12H2. The van der Waals surface area contributed by atoms with E-state index in [1.165, 1.54) is 0 Å². The molecule has 1 aromatic heterocycles. The maximum absolute atomic E-state index is 9.81. The molecule has 2 rings (SSSR count). The molecule has 2 N–H and O–H groups in total. The highest BCUT2D eigenvalue weighted by Crippen LogP contribution is 2.19. The molecule has 0 radical (unpaired) electrons. The number of furan rings is 1. The van der Waals surface area contributed by atoms with Gasteiger partial charge in [-0.05, 0) is 24.6 Å². The van der Waals surface area contributed by atoms with Crippen molar-refractivity contribution in [1.29, 1.82) is 0 Å². The number of phenols is 1. The average molecular weight is 261 g/mol. The molecular weight excluding hydrogens is 242 g/mol. The fraction of sp³-hybridized carbons (Fsp3) is 0.333. The van der Waals surface area contributed by atoms with Crippen molar-refractivity contribution in [2.75, 3.05) is 13.2 Å². The van der Waals surface area contributed by atoms with E-state index in [-0.39, 0.29) is 6.61 Å². The topological polar surface area (TPSA) is 56.8 Å². The highest BCUT2D eigenvalue weighted by Gasteiger charge is 2.10. The van der Waals surface area contributed by atoms with E-state index < -0.39 is 0 Å². The summed E-state index contributed by atoms with van der Waals surface area (Å²) >= 11 is 0. The summed E-state index contributed by atoms with van der Waals surface area (Å²) in [6, 6.07) is 11.1. The van der Waals surface area contributed by atoms with Crippen LogP contribution in [0.5, 0.6) is 5.75 Å². The maximum atomic E-state index is 9.81. The molecule has 19 heavy (non-hydrogen) atoms. The second-order valence-electron chi connectivity index (χ2n) is 4.50. The highest BCUT2D eigenvalue weighted by molar-refractivity contribution is 5.31. The van der Waals surface area contributed by atoms with E-state index >= 15 is 0 Å². The van der Waals surface area contributed by atoms with Crippen LogP contribution in [0.25, 0.3) is 0 Å². The Balaban J connectivity index is 2.03. The van der Waals surface area contributed by atoms with Gasteiger partial charge in [0.1, 0.15) is 11.5 Å². The Morgan fingerprint density at radius 3 is 2.58 bits per heavy atom. The van der Waals surface area contributed by atoms with E-state index in [4.69, 9.17) is 9.52 Å². The van der Waals surface area contributed by atoms with Crippen LogP contribution in [0, 0.1) is 0 Å². The highest BCUT2D eigenvalue weighted by atomic mass is 16.3. The zero-order chi connectivity index (χ0) is 13.5. The molecule has 0 saturated carbocycles. The van der Waals surface area contributed by atoms with Gasteiger partial charge >= 0.3 is 0 Å². The Morgan fingerprint density at radius 2 is 1.89 bits per heavy atom. The molecule has 0 fully saturated rings. The molecule has 4 nitrogen and oxygen atoms in total. The number of rotatable bonds is 7. The van der Waals surface area contributed by atoms with Crippen molar-refractivity contribution in [1.82, 2.24) is 4.90 Å². The van der Waals surface area contributed by atoms with Gasteiger partial charge in [0.05, 0.1) is 12.8 Å². The van der Waals surface area contributed by atoms with Crippen LogP contribution in [-0.2, 0) is 13.1 Å². The Morgan fingerprint density at radius 1 is 1.05 bits per heavy atom. The van der Waals surface area contributed by atoms with Crippen LogP contribution in [0.4, 0.5) is 0 Å². The normalized spacial score (nSPS) is 11.1. The molecule has 0 amide bonds. The van der Waals surface area contributed by atoms with Gasteiger partial charge in [0, 0.05) is 25.3 Å². The number of benzene rings is 1. The van der Waals surface area contributed by atoms with Crippen LogP contribution in [0.15, 0.2) is 47.1 Å². The molecule has 1 aromatic carbocycles. The van der Waals surface area contributed by atoms with Gasteiger partial charge in [0.15, 0.2) is 0 Å². The summed E-state index contributed by atoms with van der Waals surface area (Å²) in [6.45, 7) is 2.22. The zero-order valence-electron chi connectivity index (χ0n) is 10.8. The van der Waals surface area contributed by atoms with Gasteiger partial charge in [-0.3, -0.25) is 4.90 Å². The summed E-state index contributed by atoms with van der Waals surface area (Å²) < 4.78 is 5.35. The number of hydrogen-bond acceptors (Lipinski definition) is 4. The first-order chi connectivity index (χ1) is 9.29. The predicted molar refractivity (Wildman–Crippen MR) is 72.6 cm³/mol. The summed E-state index contributed by atoms with van der Waals surface area (Å²) in [5.74, 6) is 1.18. The van der Waals surface area contributed by atoms with Crippen molar-refractivity contribution in [2.45, 2.75) is 19.5 Å². The molecule has 0 aliphatic heterocycles. The maximum Gasteiger partial charge on any atom is 0.120 e. The summed E-state index contributed by atoms with van der Waals surface area (Å²) in [5.41, 5.74) is 0.881. The van der Waals surface area contributed by atoms with Crippen LogP contribution in [0.3, 0.4) is 0 Å². The first-order valence-electron chi connectivity index (χ1n) is 6.42. The first-order valence-corrected chi connectivity index (χ1v) is 6.42. The molecule has 0 saturated heterocycles. The van der Waals surface area contributed by atoms with Gasteiger partial charge < -0.3 is 14.6 Å². The molecule has 0 aliphatic carbocycles. The Kier molecular flexibility index (Phi) is 5.01. The lowest BCUT2D eigenvalue weighted by Gasteiger charge is -2.21. The Hall–Kier alpha value is -1.78. The van der Waals surface area contributed by atoms with E-state index in [0.717, 1.165) is 17.9 Å². The largest absolute Gasteiger partial charge is 0.508 e. The number of aromatic hydroxyl groups is 1. The monoisotopic (exact) mass is 261 g/mol. The van der Waals surface area contributed by atoms with Crippen LogP contribution in [0.2, 0.25) is 0 Å². The molecular formula is C15H19NO3. The smallest absolute Gasteiger partial charge is 0.120 e. The number of nitrogens with zero attached hydrogens (tertiary/aromatic N) is 1. The zero-order valence-corrected chi connectivity index (χ0v) is 10.8. The van der Waals surface area contributed by atoms with Crippen LogP contribution in [0.1, 0.15) is 17.7 Å². The first kappa shape index (κ1) is 13.6. The summed E-state index contributed by atoms with van der Waals surface area (Å²) in [5, 5.41) is 18.8. The lowest BCUT2D eigenvalue weighted by Crippen LogP contribution is -2.24. The third-order valence-corrected chi connectivity index (χ3v) is 2.98. The molecule has 0 unspecified atom stereocenters. The SMILES string of the molecule is OCCCN(Cc1ccco1)Cc1ccccc1O. The predicted octanol–water partition coefficient (Wildman–Crippen LogP) is 2.37. The van der Waals surface area contributed by atoms with Gasteiger partial charge in [-0.15, -0.1) is 0 Å². The average Bonchev–Trinajstić information content (AvgIpc) is 2.91. The Labute approximate surface area is 112 Å². The number of phenolic OH excluding ortho intramolecular Hbond substituents is 1. The van der Waals surface area contributed by atoms with Crippen molar-refractivity contribution in [3.63, 3.8) is 0 Å². The van der Waals surface area contributed by atoms with Gasteiger partial charge in [-0.25, -0.2) is 0 Å². The molecule has 2 aromatic rings. The minimum atomic E-state index is 0.162. The third kappa shape index (κ3) is 4.12. The third-order valence-electron chi connectivity index (χ3n) is 2.98. The van der Waals surface area contributed by atoms with E-state index in [9.17, 15) is 5.11 Å². The van der Waals surface area contributed by atoms with E-state index in [2.05, 4.69) is 4.90 Å². The number of aliphatic hydroxyl groups is 1. The molecule has 1 heterocycles. The molecule has 0 atom stereocenters. The van der Waals surface area contributed by atoms with Crippen LogP contribution < -0.4 is 0 Å². The lowest BCUT2D eigenvalue weighted by molar-refractivity contribution is 0.199. The van der Waals surface area contributed by atoms with Gasteiger partial charge in [0.2, 0.25) is 0 Å². The van der Waals surface area contributed by atoms with Crippen LogP contribution >= 0.6 is 0 Å². The number of para-hydroxylation sites is 1. The summed E-state index contributed by atoms with van der Waals surface area (Å²) in [7, 11) is 0. The summed E-state index contributed by atoms with van der Waals surface area (Å²) in [6.07, 6.45) is 2.36. The number of hydrogen-bond donors (Lipinski definition) is 2. The van der Waals surface area contributed by atoms with Crippen molar-refractivity contribution < 1.29 is 14.6 Å². The van der Waals surface area contributed by atoms with Crippen molar-refractivity contribution in [2.24, 2.45) is 0 Å². The fourth-order valence-corrected chi connectivity index (χ4v) is 2.02. The van der Waals surface area contributed by atoms with Gasteiger partial charge in [0.25, 0.3) is 0 Å². The van der Waals surface area contributed by atoms with Gasteiger partial charge in [-0.2, -0.15) is 0 Å². The Bertz CT molecular complexity index is 482. The van der Waals surface area contributed by atoms with E-state index in [1.54, 1.807) is 12.3 Å². The van der Waals surface area contributed by atoms with Crippen molar-refractivity contribution in [3.05, 3.63) is 54.0 Å². The molecule has 0 bridgehead atoms. The summed E-state index contributed by atoms with van der Waals surface area (Å²) in [4.78, 5) is 2.14. The van der Waals surface area contributed by atoms with Crippen LogP contribution in [-0.4, -0.2) is 28.3 Å². The number of aliphatic hydroxyl groups excluding tert-OH is 1. The van der Waals surface area contributed by atoms with Gasteiger partial charge in [-0.1, -0.05) is 18.2 Å². The van der Waals surface area contributed by atoms with E-state index in [1.807, 2.05) is 30.3 Å². The quantitative estimate of drug-likeness (QED) is 0.803. The molecule has 0 aliphatic rings. The van der Waals surface area contributed by atoms with Crippen molar-refractivity contribution >= 4 is 0 Å². The minimum absolute atomic E-state index is 0.162. The minimum Gasteiger partial charge on any atom is -0.508 e. The second-order valence-corrected chi connectivity index (χ2v) is 4.50. The molecule has 0 spiro atoms. The van der Waals surface area contributed by atoms with Crippen molar-refractivity contribution in [3.8, 4) is 5.75 Å². The molecule has 102 valence electrons.